The Morgan fingerprint density at radius 1 is 1.03 bits per heavy atom. The van der Waals surface area contributed by atoms with E-state index in [1.807, 2.05) is 35.7 Å². The molecular weight excluding hydrogens is 416 g/mol. The Hall–Kier alpha value is -3.04. The fraction of sp³-hybridized carbons (Fsp3) is 0.0500. The molecule has 0 aliphatic heterocycles. The van der Waals surface area contributed by atoms with Gasteiger partial charge in [0.1, 0.15) is 22.2 Å². The summed E-state index contributed by atoms with van der Waals surface area (Å²) < 4.78 is 56.8. The average molecular weight is 431 g/mol. The molecule has 0 aliphatic carbocycles. The summed E-state index contributed by atoms with van der Waals surface area (Å²) in [6.45, 7) is 0.375. The van der Waals surface area contributed by atoms with Crippen LogP contribution < -0.4 is 4.72 Å². The Kier molecular flexibility index (Phi) is 5.16. The zero-order valence-corrected chi connectivity index (χ0v) is 16.6. The number of nitrogens with zero attached hydrogens (tertiary/aromatic N) is 2. The van der Waals surface area contributed by atoms with E-state index in [0.717, 1.165) is 17.7 Å². The molecule has 0 unspecified atom stereocenters. The summed E-state index contributed by atoms with van der Waals surface area (Å²) in [5.74, 6) is -1.79. The van der Waals surface area contributed by atoms with E-state index in [1.54, 1.807) is 12.1 Å². The number of nitrogens with one attached hydrogen (secondary N) is 1. The van der Waals surface area contributed by atoms with Crippen LogP contribution in [0.1, 0.15) is 5.56 Å². The van der Waals surface area contributed by atoms with Gasteiger partial charge in [0.05, 0.1) is 17.1 Å². The Bertz CT molecular complexity index is 1240. The molecule has 2 aromatic heterocycles. The van der Waals surface area contributed by atoms with Crippen LogP contribution in [-0.4, -0.2) is 18.2 Å². The molecule has 0 aliphatic rings. The van der Waals surface area contributed by atoms with Crippen LogP contribution in [0.15, 0.2) is 77.1 Å². The second-order valence-electron chi connectivity index (χ2n) is 6.23. The maximum Gasteiger partial charge on any atom is 0.265 e. The first-order chi connectivity index (χ1) is 13.9. The molecule has 4 aromatic rings. The zero-order chi connectivity index (χ0) is 20.4. The standard InChI is InChI=1S/C20H15F2N3O2S2/c21-15-8-9-17(16(22)11-15)24-29(26,27)19-13-25(12-14-5-2-1-3-6-14)23-20(19)18-7-4-10-28-18/h1-11,13,24H,12H2. The minimum atomic E-state index is -4.17. The van der Waals surface area contributed by atoms with E-state index in [4.69, 9.17) is 0 Å². The highest BCUT2D eigenvalue weighted by Gasteiger charge is 2.25. The zero-order valence-electron chi connectivity index (χ0n) is 14.9. The van der Waals surface area contributed by atoms with Gasteiger partial charge in [0.25, 0.3) is 10.0 Å². The number of halogens is 2. The lowest BCUT2D eigenvalue weighted by Gasteiger charge is -2.08. The molecule has 0 spiro atoms. The third-order valence-electron chi connectivity index (χ3n) is 4.14. The number of aromatic nitrogens is 2. The van der Waals surface area contributed by atoms with Gasteiger partial charge in [-0.25, -0.2) is 17.2 Å². The van der Waals surface area contributed by atoms with Crippen molar-refractivity contribution in [3.63, 3.8) is 0 Å². The molecule has 2 aromatic carbocycles. The average Bonchev–Trinajstić information content (AvgIpc) is 3.35. The predicted octanol–water partition coefficient (Wildman–Crippen LogP) is 4.74. The molecule has 5 nitrogen and oxygen atoms in total. The van der Waals surface area contributed by atoms with Crippen LogP contribution in [0.3, 0.4) is 0 Å². The fourth-order valence-corrected chi connectivity index (χ4v) is 4.83. The molecule has 0 atom stereocenters. The largest absolute Gasteiger partial charge is 0.277 e. The third-order valence-corrected chi connectivity index (χ3v) is 6.38. The quantitative estimate of drug-likeness (QED) is 0.480. The van der Waals surface area contributed by atoms with Gasteiger partial charge in [0, 0.05) is 12.3 Å². The first-order valence-electron chi connectivity index (χ1n) is 8.55. The topological polar surface area (TPSA) is 64.0 Å². The van der Waals surface area contributed by atoms with Gasteiger partial charge in [-0.05, 0) is 29.1 Å². The summed E-state index contributed by atoms with van der Waals surface area (Å²) in [4.78, 5) is 0.580. The van der Waals surface area contributed by atoms with Crippen molar-refractivity contribution in [2.24, 2.45) is 0 Å². The summed E-state index contributed by atoms with van der Waals surface area (Å²) in [7, 11) is -4.17. The molecule has 0 bridgehead atoms. The van der Waals surface area contributed by atoms with Gasteiger partial charge in [-0.15, -0.1) is 11.3 Å². The molecule has 9 heteroatoms. The van der Waals surface area contributed by atoms with Crippen LogP contribution in [0.5, 0.6) is 0 Å². The van der Waals surface area contributed by atoms with Crippen molar-refractivity contribution in [3.05, 3.63) is 89.4 Å². The number of anilines is 1. The van der Waals surface area contributed by atoms with Crippen molar-refractivity contribution < 1.29 is 17.2 Å². The van der Waals surface area contributed by atoms with Crippen LogP contribution in [-0.2, 0) is 16.6 Å². The van der Waals surface area contributed by atoms with E-state index in [9.17, 15) is 17.2 Å². The Morgan fingerprint density at radius 2 is 1.83 bits per heavy atom. The van der Waals surface area contributed by atoms with Crippen molar-refractivity contribution in [2.45, 2.75) is 11.4 Å². The Morgan fingerprint density at radius 3 is 2.52 bits per heavy atom. The number of rotatable bonds is 6. The monoisotopic (exact) mass is 431 g/mol. The molecule has 1 N–H and O–H groups in total. The van der Waals surface area contributed by atoms with Gasteiger partial charge >= 0.3 is 0 Å². The first kappa shape index (κ1) is 19.3. The van der Waals surface area contributed by atoms with E-state index in [1.165, 1.54) is 22.2 Å². The van der Waals surface area contributed by atoms with Crippen LogP contribution in [0.2, 0.25) is 0 Å². The molecule has 148 valence electrons. The van der Waals surface area contributed by atoms with Crippen LogP contribution in [0.4, 0.5) is 14.5 Å². The minimum Gasteiger partial charge on any atom is -0.277 e. The van der Waals surface area contributed by atoms with Crippen molar-refractivity contribution in [2.75, 3.05) is 4.72 Å². The third kappa shape index (κ3) is 4.20. The van der Waals surface area contributed by atoms with E-state index >= 15 is 0 Å². The van der Waals surface area contributed by atoms with E-state index < -0.39 is 21.7 Å². The van der Waals surface area contributed by atoms with E-state index in [-0.39, 0.29) is 16.3 Å². The highest BCUT2D eigenvalue weighted by atomic mass is 32.2. The lowest BCUT2D eigenvalue weighted by atomic mass is 10.2. The SMILES string of the molecule is O=S(=O)(Nc1ccc(F)cc1F)c1cn(Cc2ccccc2)nc1-c1cccs1. The number of sulfonamides is 1. The normalized spacial score (nSPS) is 11.5. The van der Waals surface area contributed by atoms with Gasteiger partial charge in [0.2, 0.25) is 0 Å². The first-order valence-corrected chi connectivity index (χ1v) is 10.9. The molecule has 0 amide bonds. The smallest absolute Gasteiger partial charge is 0.265 e. The summed E-state index contributed by atoms with van der Waals surface area (Å²) >= 11 is 1.35. The second-order valence-corrected chi connectivity index (χ2v) is 8.83. The van der Waals surface area contributed by atoms with E-state index in [0.29, 0.717) is 17.5 Å². The maximum atomic E-state index is 14.0. The highest BCUT2D eigenvalue weighted by molar-refractivity contribution is 7.92. The van der Waals surface area contributed by atoms with Gasteiger partial charge in [-0.2, -0.15) is 5.10 Å². The highest BCUT2D eigenvalue weighted by Crippen LogP contribution is 2.31. The molecule has 4 rings (SSSR count). The number of hydrogen-bond donors (Lipinski definition) is 1. The second kappa shape index (κ2) is 7.76. The number of benzene rings is 2. The molecule has 29 heavy (non-hydrogen) atoms. The summed E-state index contributed by atoms with van der Waals surface area (Å²) in [6, 6.07) is 15.7. The van der Waals surface area contributed by atoms with Crippen LogP contribution in [0, 0.1) is 11.6 Å². The van der Waals surface area contributed by atoms with Gasteiger partial charge in [0.15, 0.2) is 0 Å². The van der Waals surface area contributed by atoms with Crippen LogP contribution >= 0.6 is 11.3 Å². The summed E-state index contributed by atoms with van der Waals surface area (Å²) in [6.07, 6.45) is 1.41. The number of hydrogen-bond acceptors (Lipinski definition) is 4. The molecule has 2 heterocycles. The molecule has 0 saturated carbocycles. The van der Waals surface area contributed by atoms with Crippen molar-refractivity contribution in [1.29, 1.82) is 0 Å². The maximum absolute atomic E-state index is 14.0. The lowest BCUT2D eigenvalue weighted by Crippen LogP contribution is -2.14. The molecular formula is C20H15F2N3O2S2. The molecule has 0 saturated heterocycles. The van der Waals surface area contributed by atoms with Crippen molar-refractivity contribution >= 4 is 27.0 Å². The van der Waals surface area contributed by atoms with Gasteiger partial charge in [-0.3, -0.25) is 9.40 Å². The summed E-state index contributed by atoms with van der Waals surface area (Å²) in [5.41, 5.74) is 0.888. The van der Waals surface area contributed by atoms with E-state index in [2.05, 4.69) is 9.82 Å². The number of thiophene rings is 1. The Labute approximate surface area is 170 Å². The minimum absolute atomic E-state index is 0.0837. The lowest BCUT2D eigenvalue weighted by molar-refractivity contribution is 0.582. The van der Waals surface area contributed by atoms with Crippen LogP contribution in [0.25, 0.3) is 10.6 Å². The molecule has 0 fully saturated rings. The van der Waals surface area contributed by atoms with Crippen molar-refractivity contribution in [3.8, 4) is 10.6 Å². The van der Waals surface area contributed by atoms with Crippen molar-refractivity contribution in [1.82, 2.24) is 9.78 Å². The van der Waals surface area contributed by atoms with Gasteiger partial charge in [-0.1, -0.05) is 36.4 Å². The fourth-order valence-electron chi connectivity index (χ4n) is 2.81. The Balaban J connectivity index is 1.74. The molecule has 0 radical (unpaired) electrons. The predicted molar refractivity (Wildman–Crippen MR) is 108 cm³/mol. The van der Waals surface area contributed by atoms with Gasteiger partial charge < -0.3 is 0 Å². The summed E-state index contributed by atoms with van der Waals surface area (Å²) in [5, 5.41) is 6.26.